The number of nitrogens with zero attached hydrogens (tertiary/aromatic N) is 3. The molecule has 1 amide bonds. The molecule has 0 spiro atoms. The molecule has 0 unspecified atom stereocenters. The largest absolute Gasteiger partial charge is 0.275 e. The molecule has 1 aliphatic rings. The van der Waals surface area contributed by atoms with Gasteiger partial charge in [-0.2, -0.15) is 5.10 Å². The first-order valence-electron chi connectivity index (χ1n) is 6.59. The van der Waals surface area contributed by atoms with Crippen molar-refractivity contribution in [1.82, 2.24) is 9.99 Å². The van der Waals surface area contributed by atoms with Gasteiger partial charge in [0.05, 0.1) is 11.3 Å². The van der Waals surface area contributed by atoms with E-state index in [9.17, 15) is 4.79 Å². The van der Waals surface area contributed by atoms with Gasteiger partial charge in [0.15, 0.2) is 0 Å². The van der Waals surface area contributed by atoms with Crippen LogP contribution in [0.5, 0.6) is 0 Å². The quantitative estimate of drug-likeness (QED) is 0.851. The predicted octanol–water partition coefficient (Wildman–Crippen LogP) is 3.09. The molecule has 0 N–H and O–H groups in total. The number of pyridine rings is 1. The van der Waals surface area contributed by atoms with Crippen molar-refractivity contribution in [3.05, 3.63) is 52.0 Å². The van der Waals surface area contributed by atoms with Gasteiger partial charge in [-0.05, 0) is 43.3 Å². The molecule has 102 valence electrons. The minimum absolute atomic E-state index is 0.0804. The highest BCUT2D eigenvalue weighted by Crippen LogP contribution is 2.22. The number of amides is 1. The van der Waals surface area contributed by atoms with Crippen LogP contribution in [-0.4, -0.2) is 28.2 Å². The maximum atomic E-state index is 12.4. The van der Waals surface area contributed by atoms with Gasteiger partial charge in [0.2, 0.25) is 0 Å². The summed E-state index contributed by atoms with van der Waals surface area (Å²) < 4.78 is 0. The Kier molecular flexibility index (Phi) is 3.60. The number of carbonyl (C=O) groups is 1. The monoisotopic (exact) mass is 285 g/mol. The molecule has 0 radical (unpaired) electrons. The number of hydrogen-bond donors (Lipinski definition) is 0. The second-order valence-corrected chi connectivity index (χ2v) is 5.83. The van der Waals surface area contributed by atoms with E-state index in [4.69, 9.17) is 0 Å². The lowest BCUT2D eigenvalue weighted by molar-refractivity contribution is 0.0751. The second-order valence-electron chi connectivity index (χ2n) is 4.71. The van der Waals surface area contributed by atoms with Gasteiger partial charge in [-0.15, -0.1) is 11.3 Å². The normalized spacial score (nSPS) is 15.1. The highest BCUT2D eigenvalue weighted by atomic mass is 32.1. The van der Waals surface area contributed by atoms with E-state index in [0.717, 1.165) is 18.6 Å². The lowest BCUT2D eigenvalue weighted by Crippen LogP contribution is -2.32. The lowest BCUT2D eigenvalue weighted by atomic mass is 10.1. The van der Waals surface area contributed by atoms with Gasteiger partial charge < -0.3 is 0 Å². The van der Waals surface area contributed by atoms with Crippen molar-refractivity contribution in [3.8, 4) is 0 Å². The van der Waals surface area contributed by atoms with Crippen molar-refractivity contribution in [1.29, 1.82) is 0 Å². The van der Waals surface area contributed by atoms with Crippen molar-refractivity contribution in [2.75, 3.05) is 6.54 Å². The van der Waals surface area contributed by atoms with E-state index in [1.165, 1.54) is 10.4 Å². The van der Waals surface area contributed by atoms with Gasteiger partial charge in [0.25, 0.3) is 5.91 Å². The molecule has 20 heavy (non-hydrogen) atoms. The molecule has 5 heteroatoms. The maximum Gasteiger partial charge on any atom is 0.275 e. The molecular weight excluding hydrogens is 270 g/mol. The molecule has 0 saturated carbocycles. The van der Waals surface area contributed by atoms with E-state index in [1.54, 1.807) is 40.9 Å². The van der Waals surface area contributed by atoms with E-state index in [1.807, 2.05) is 0 Å². The van der Waals surface area contributed by atoms with E-state index < -0.39 is 0 Å². The molecule has 0 fully saturated rings. The van der Waals surface area contributed by atoms with Crippen molar-refractivity contribution in [3.63, 3.8) is 0 Å². The third kappa shape index (κ3) is 2.49. The smallest absolute Gasteiger partial charge is 0.267 e. The Hall–Kier alpha value is -2.01. The maximum absolute atomic E-state index is 12.4. The van der Waals surface area contributed by atoms with E-state index in [-0.39, 0.29) is 5.91 Å². The molecule has 0 saturated heterocycles. The highest BCUT2D eigenvalue weighted by molar-refractivity contribution is 7.10. The molecule has 4 nitrogen and oxygen atoms in total. The summed E-state index contributed by atoms with van der Waals surface area (Å²) in [7, 11) is 0. The van der Waals surface area contributed by atoms with E-state index in [2.05, 4.69) is 28.5 Å². The molecule has 0 aromatic carbocycles. The van der Waals surface area contributed by atoms with Crippen LogP contribution in [0.2, 0.25) is 0 Å². The van der Waals surface area contributed by atoms with Crippen LogP contribution in [0.3, 0.4) is 0 Å². The van der Waals surface area contributed by atoms with Crippen LogP contribution in [0.4, 0.5) is 0 Å². The van der Waals surface area contributed by atoms with E-state index in [0.29, 0.717) is 12.1 Å². The first-order chi connectivity index (χ1) is 9.75. The highest BCUT2D eigenvalue weighted by Gasteiger charge is 2.21. The first-order valence-corrected chi connectivity index (χ1v) is 7.47. The first kappa shape index (κ1) is 13.0. The van der Waals surface area contributed by atoms with Gasteiger partial charge >= 0.3 is 0 Å². The number of hydrogen-bond acceptors (Lipinski definition) is 4. The zero-order chi connectivity index (χ0) is 13.9. The summed E-state index contributed by atoms with van der Waals surface area (Å²) in [6.07, 6.45) is 5.12. The minimum Gasteiger partial charge on any atom is -0.267 e. The van der Waals surface area contributed by atoms with Crippen LogP contribution >= 0.6 is 11.3 Å². The van der Waals surface area contributed by atoms with Crippen LogP contribution in [0.15, 0.2) is 41.1 Å². The Morgan fingerprint density at radius 3 is 3.00 bits per heavy atom. The molecule has 0 atom stereocenters. The number of thiophene rings is 1. The second kappa shape index (κ2) is 5.54. The SMILES string of the molecule is Cc1sccc1C1=NN(C(=O)c2cccnc2)CCC1. The summed E-state index contributed by atoms with van der Waals surface area (Å²) in [5, 5.41) is 8.17. The predicted molar refractivity (Wildman–Crippen MR) is 80.1 cm³/mol. The number of aryl methyl sites for hydroxylation is 1. The molecule has 3 rings (SSSR count). The zero-order valence-corrected chi connectivity index (χ0v) is 12.1. The number of aromatic nitrogens is 1. The summed E-state index contributed by atoms with van der Waals surface area (Å²) in [4.78, 5) is 17.6. The molecular formula is C15H15N3OS. The van der Waals surface area contributed by atoms with Gasteiger partial charge in [-0.3, -0.25) is 9.78 Å². The molecule has 0 aliphatic carbocycles. The van der Waals surface area contributed by atoms with Crippen molar-refractivity contribution >= 4 is 23.0 Å². The number of rotatable bonds is 2. The minimum atomic E-state index is -0.0804. The van der Waals surface area contributed by atoms with Crippen LogP contribution in [0.1, 0.15) is 33.6 Å². The van der Waals surface area contributed by atoms with Gasteiger partial charge in [0, 0.05) is 29.4 Å². The van der Waals surface area contributed by atoms with Crippen molar-refractivity contribution < 1.29 is 4.79 Å². The Labute approximate surface area is 121 Å². The lowest BCUT2D eigenvalue weighted by Gasteiger charge is -2.23. The summed E-state index contributed by atoms with van der Waals surface area (Å²) >= 11 is 1.71. The summed E-state index contributed by atoms with van der Waals surface area (Å²) in [6.45, 7) is 2.75. The van der Waals surface area contributed by atoms with Crippen molar-refractivity contribution in [2.24, 2.45) is 5.10 Å². The molecule has 2 aromatic rings. The van der Waals surface area contributed by atoms with Gasteiger partial charge in [-0.25, -0.2) is 5.01 Å². The fraction of sp³-hybridized carbons (Fsp3) is 0.267. The fourth-order valence-corrected chi connectivity index (χ4v) is 3.02. The summed E-state index contributed by atoms with van der Waals surface area (Å²) in [5.41, 5.74) is 2.76. The number of hydrazone groups is 1. The molecule has 3 heterocycles. The fourth-order valence-electron chi connectivity index (χ4n) is 2.30. The molecule has 0 bridgehead atoms. The average molecular weight is 285 g/mol. The molecule has 2 aromatic heterocycles. The van der Waals surface area contributed by atoms with E-state index >= 15 is 0 Å². The topological polar surface area (TPSA) is 45.6 Å². The Morgan fingerprint density at radius 1 is 1.40 bits per heavy atom. The molecule has 1 aliphatic heterocycles. The van der Waals surface area contributed by atoms with Crippen LogP contribution in [0, 0.1) is 6.92 Å². The van der Waals surface area contributed by atoms with Gasteiger partial charge in [-0.1, -0.05) is 0 Å². The van der Waals surface area contributed by atoms with Gasteiger partial charge in [0.1, 0.15) is 0 Å². The summed E-state index contributed by atoms with van der Waals surface area (Å²) in [6, 6.07) is 5.62. The number of carbonyl (C=O) groups excluding carboxylic acids is 1. The van der Waals surface area contributed by atoms with Crippen LogP contribution in [0.25, 0.3) is 0 Å². The Morgan fingerprint density at radius 2 is 2.30 bits per heavy atom. The van der Waals surface area contributed by atoms with Crippen LogP contribution in [-0.2, 0) is 0 Å². The third-order valence-corrected chi connectivity index (χ3v) is 4.18. The average Bonchev–Trinajstić information content (AvgIpc) is 2.94. The Bertz CT molecular complexity index is 648. The zero-order valence-electron chi connectivity index (χ0n) is 11.2. The third-order valence-electron chi connectivity index (χ3n) is 3.34. The van der Waals surface area contributed by atoms with Crippen LogP contribution < -0.4 is 0 Å². The van der Waals surface area contributed by atoms with Crippen molar-refractivity contribution in [2.45, 2.75) is 19.8 Å². The summed E-state index contributed by atoms with van der Waals surface area (Å²) in [5.74, 6) is -0.0804. The standard InChI is InChI=1S/C15H15N3OS/c1-11-13(6-9-20-11)14-5-3-8-18(17-14)15(19)12-4-2-7-16-10-12/h2,4,6-7,9-10H,3,5,8H2,1H3. The Balaban J connectivity index is 1.88.